The fourth-order valence-electron chi connectivity index (χ4n) is 3.08. The number of fused-ring (bicyclic) bond motifs is 1. The number of para-hydroxylation sites is 1. The summed E-state index contributed by atoms with van der Waals surface area (Å²) in [4.78, 5) is 2.46. The van der Waals surface area contributed by atoms with E-state index in [0.717, 1.165) is 24.5 Å². The van der Waals surface area contributed by atoms with Gasteiger partial charge in [0.2, 0.25) is 0 Å². The summed E-state index contributed by atoms with van der Waals surface area (Å²) in [5.41, 5.74) is 2.38. The molecule has 2 N–H and O–H groups in total. The molecule has 0 radical (unpaired) electrons. The predicted molar refractivity (Wildman–Crippen MR) is 66.2 cm³/mol. The lowest BCUT2D eigenvalue weighted by Crippen LogP contribution is -2.60. The minimum atomic E-state index is 0.315. The van der Waals surface area contributed by atoms with Crippen LogP contribution in [0, 0.1) is 0 Å². The highest BCUT2D eigenvalue weighted by atomic mass is 16.3. The Kier molecular flexibility index (Phi) is 2.03. The first-order valence-electron chi connectivity index (χ1n) is 6.10. The lowest BCUT2D eigenvalue weighted by Gasteiger charge is -2.54. The van der Waals surface area contributed by atoms with Gasteiger partial charge >= 0.3 is 0 Å². The topological polar surface area (TPSA) is 35.5 Å². The Labute approximate surface area is 96.1 Å². The van der Waals surface area contributed by atoms with Crippen molar-refractivity contribution in [1.29, 1.82) is 0 Å². The van der Waals surface area contributed by atoms with Gasteiger partial charge in [-0.05, 0) is 38.3 Å². The quantitative estimate of drug-likeness (QED) is 0.711. The van der Waals surface area contributed by atoms with Crippen LogP contribution in [-0.2, 0) is 0 Å². The molecule has 1 aliphatic heterocycles. The smallest absolute Gasteiger partial charge is 0.140 e. The van der Waals surface area contributed by atoms with E-state index in [-0.39, 0.29) is 0 Å². The zero-order chi connectivity index (χ0) is 11.2. The third kappa shape index (κ3) is 1.14. The number of hydrogen-bond donors (Lipinski definition) is 2. The number of likely N-dealkylation sites (N-methyl/N-ethyl adjacent to an activating group) is 1. The van der Waals surface area contributed by atoms with Crippen molar-refractivity contribution in [2.45, 2.75) is 31.7 Å². The van der Waals surface area contributed by atoms with Crippen LogP contribution in [0.15, 0.2) is 18.2 Å². The Morgan fingerprint density at radius 1 is 1.44 bits per heavy atom. The normalized spacial score (nSPS) is 21.2. The highest BCUT2D eigenvalue weighted by Crippen LogP contribution is 2.48. The molecule has 1 aromatic carbocycles. The Bertz CT molecular complexity index is 412. The number of hydrogen-bond acceptors (Lipinski definition) is 3. The summed E-state index contributed by atoms with van der Waals surface area (Å²) < 4.78 is 0. The van der Waals surface area contributed by atoms with Crippen LogP contribution < -0.4 is 10.2 Å². The van der Waals surface area contributed by atoms with Crippen LogP contribution in [0.5, 0.6) is 5.75 Å². The number of benzene rings is 1. The van der Waals surface area contributed by atoms with Crippen molar-refractivity contribution in [3.8, 4) is 5.75 Å². The maximum atomic E-state index is 9.84. The van der Waals surface area contributed by atoms with Gasteiger partial charge in [-0.3, -0.25) is 0 Å². The fraction of sp³-hybridized carbons (Fsp3) is 0.538. The molecule has 3 rings (SSSR count). The van der Waals surface area contributed by atoms with E-state index >= 15 is 0 Å². The van der Waals surface area contributed by atoms with E-state index in [4.69, 9.17) is 0 Å². The number of phenols is 1. The monoisotopic (exact) mass is 218 g/mol. The van der Waals surface area contributed by atoms with Gasteiger partial charge in [0.1, 0.15) is 11.4 Å². The summed E-state index contributed by atoms with van der Waals surface area (Å²) in [5.74, 6) is 0.366. The summed E-state index contributed by atoms with van der Waals surface area (Å²) in [6.45, 7) is 4.17. The highest BCUT2D eigenvalue weighted by Gasteiger charge is 2.45. The van der Waals surface area contributed by atoms with Crippen LogP contribution in [0.1, 0.15) is 26.2 Å². The maximum Gasteiger partial charge on any atom is 0.140 e. The average molecular weight is 218 g/mol. The number of rotatable bonds is 1. The van der Waals surface area contributed by atoms with Gasteiger partial charge in [0.15, 0.2) is 0 Å². The van der Waals surface area contributed by atoms with Gasteiger partial charge in [0.25, 0.3) is 0 Å². The van der Waals surface area contributed by atoms with E-state index in [1.165, 1.54) is 19.3 Å². The van der Waals surface area contributed by atoms with E-state index < -0.39 is 0 Å². The SMILES string of the molecule is CCN1c2cccc(O)c2NCC12CCC2. The first kappa shape index (κ1) is 9.82. The first-order valence-corrected chi connectivity index (χ1v) is 6.10. The molecular formula is C13H18N2O. The van der Waals surface area contributed by atoms with Gasteiger partial charge in [0.05, 0.1) is 11.2 Å². The molecule has 3 nitrogen and oxygen atoms in total. The fourth-order valence-corrected chi connectivity index (χ4v) is 3.08. The lowest BCUT2D eigenvalue weighted by molar-refractivity contribution is 0.240. The number of phenolic OH excluding ortho intramolecular Hbond substituents is 1. The third-order valence-electron chi connectivity index (χ3n) is 4.08. The van der Waals surface area contributed by atoms with E-state index in [2.05, 4.69) is 23.2 Å². The molecule has 0 amide bonds. The van der Waals surface area contributed by atoms with Gasteiger partial charge in [-0.25, -0.2) is 0 Å². The molecule has 16 heavy (non-hydrogen) atoms. The Morgan fingerprint density at radius 2 is 2.25 bits per heavy atom. The molecule has 1 saturated carbocycles. The molecule has 86 valence electrons. The van der Waals surface area contributed by atoms with Crippen molar-refractivity contribution in [1.82, 2.24) is 0 Å². The van der Waals surface area contributed by atoms with Gasteiger partial charge in [-0.15, -0.1) is 0 Å². The Morgan fingerprint density at radius 3 is 2.88 bits per heavy atom. The summed E-state index contributed by atoms with van der Waals surface area (Å²) >= 11 is 0. The van der Waals surface area contributed by atoms with Crippen LogP contribution in [0.3, 0.4) is 0 Å². The maximum absolute atomic E-state index is 9.84. The van der Waals surface area contributed by atoms with Crippen molar-refractivity contribution < 1.29 is 5.11 Å². The van der Waals surface area contributed by atoms with E-state index in [0.29, 0.717) is 11.3 Å². The summed E-state index contributed by atoms with van der Waals surface area (Å²) in [5, 5.41) is 13.2. The molecule has 1 aliphatic carbocycles. The Balaban J connectivity index is 2.07. The zero-order valence-electron chi connectivity index (χ0n) is 9.66. The minimum absolute atomic E-state index is 0.315. The van der Waals surface area contributed by atoms with Gasteiger partial charge in [-0.1, -0.05) is 6.07 Å². The van der Waals surface area contributed by atoms with E-state index in [1.807, 2.05) is 6.07 Å². The van der Waals surface area contributed by atoms with Gasteiger partial charge in [-0.2, -0.15) is 0 Å². The van der Waals surface area contributed by atoms with E-state index in [9.17, 15) is 5.11 Å². The average Bonchev–Trinajstić information content (AvgIpc) is 2.25. The van der Waals surface area contributed by atoms with Crippen LogP contribution in [-0.4, -0.2) is 23.7 Å². The van der Waals surface area contributed by atoms with Crippen LogP contribution in [0.2, 0.25) is 0 Å². The number of aromatic hydroxyl groups is 1. The summed E-state index contributed by atoms with van der Waals surface area (Å²) in [7, 11) is 0. The molecule has 1 spiro atoms. The van der Waals surface area contributed by atoms with Crippen LogP contribution in [0.25, 0.3) is 0 Å². The van der Waals surface area contributed by atoms with Crippen molar-refractivity contribution in [2.24, 2.45) is 0 Å². The zero-order valence-corrected chi connectivity index (χ0v) is 9.66. The standard InChI is InChI=1S/C13H18N2O/c1-2-15-10-5-3-6-11(16)12(10)14-9-13(15)7-4-8-13/h3,5-6,14,16H,2,4,7-9H2,1H3. The molecule has 3 heteroatoms. The molecule has 0 atom stereocenters. The third-order valence-corrected chi connectivity index (χ3v) is 4.08. The van der Waals surface area contributed by atoms with Crippen molar-refractivity contribution in [3.05, 3.63) is 18.2 Å². The summed E-state index contributed by atoms with van der Waals surface area (Å²) in [6.07, 6.45) is 3.86. The molecule has 1 heterocycles. The second kappa shape index (κ2) is 3.30. The molecule has 0 bridgehead atoms. The molecule has 0 unspecified atom stereocenters. The van der Waals surface area contributed by atoms with Crippen molar-refractivity contribution >= 4 is 11.4 Å². The number of nitrogens with zero attached hydrogens (tertiary/aromatic N) is 1. The van der Waals surface area contributed by atoms with Gasteiger partial charge in [0, 0.05) is 13.1 Å². The van der Waals surface area contributed by atoms with Crippen LogP contribution >= 0.6 is 0 Å². The second-order valence-electron chi connectivity index (χ2n) is 4.85. The molecule has 1 fully saturated rings. The molecule has 2 aliphatic rings. The molecule has 0 saturated heterocycles. The van der Waals surface area contributed by atoms with Crippen molar-refractivity contribution in [3.63, 3.8) is 0 Å². The summed E-state index contributed by atoms with van der Waals surface area (Å²) in [6, 6.07) is 5.78. The number of nitrogens with one attached hydrogen (secondary N) is 1. The lowest BCUT2D eigenvalue weighted by atomic mass is 9.73. The molecular weight excluding hydrogens is 200 g/mol. The number of anilines is 2. The minimum Gasteiger partial charge on any atom is -0.506 e. The largest absolute Gasteiger partial charge is 0.506 e. The van der Waals surface area contributed by atoms with E-state index in [1.54, 1.807) is 6.07 Å². The van der Waals surface area contributed by atoms with Gasteiger partial charge < -0.3 is 15.3 Å². The van der Waals surface area contributed by atoms with Crippen molar-refractivity contribution in [2.75, 3.05) is 23.3 Å². The molecule has 0 aromatic heterocycles. The predicted octanol–water partition coefficient (Wildman–Crippen LogP) is 2.57. The molecule has 1 aromatic rings. The first-order chi connectivity index (χ1) is 7.77. The second-order valence-corrected chi connectivity index (χ2v) is 4.85. The van der Waals surface area contributed by atoms with Crippen LogP contribution in [0.4, 0.5) is 11.4 Å². The Hall–Kier alpha value is -1.38. The highest BCUT2D eigenvalue weighted by molar-refractivity contribution is 5.79.